The molecule has 0 aromatic heterocycles. The molecule has 0 aliphatic heterocycles. The van der Waals surface area contributed by atoms with Gasteiger partial charge in [-0.05, 0) is 36.8 Å². The van der Waals surface area contributed by atoms with Crippen molar-refractivity contribution in [2.24, 2.45) is 0 Å². The molecule has 2 aromatic rings. The van der Waals surface area contributed by atoms with Crippen molar-refractivity contribution < 1.29 is 13.2 Å². The SMILES string of the molecule is C[C@H](NC(=O)c1cc(S(=O)(=O)N(C)C)ccc1Cl)c1ccccc1Cl. The molecule has 0 fully saturated rings. The molecule has 25 heavy (non-hydrogen) atoms. The second-order valence-electron chi connectivity index (χ2n) is 5.65. The minimum atomic E-state index is -3.66. The summed E-state index contributed by atoms with van der Waals surface area (Å²) in [5, 5.41) is 3.49. The van der Waals surface area contributed by atoms with E-state index in [-0.39, 0.29) is 21.5 Å². The van der Waals surface area contributed by atoms with E-state index in [0.717, 1.165) is 9.87 Å². The number of carbonyl (C=O) groups excluding carboxylic acids is 1. The lowest BCUT2D eigenvalue weighted by Gasteiger charge is -2.17. The van der Waals surface area contributed by atoms with Crippen molar-refractivity contribution in [3.05, 3.63) is 63.6 Å². The number of amides is 1. The molecule has 0 unspecified atom stereocenters. The van der Waals surface area contributed by atoms with Gasteiger partial charge in [0.15, 0.2) is 0 Å². The summed E-state index contributed by atoms with van der Waals surface area (Å²) in [5.41, 5.74) is 0.842. The molecule has 1 amide bonds. The Kier molecular flexibility index (Phi) is 6.11. The monoisotopic (exact) mass is 400 g/mol. The summed E-state index contributed by atoms with van der Waals surface area (Å²) in [6, 6.07) is 10.8. The fourth-order valence-electron chi connectivity index (χ4n) is 2.23. The van der Waals surface area contributed by atoms with Gasteiger partial charge in [0.25, 0.3) is 5.91 Å². The first-order valence-corrected chi connectivity index (χ1v) is 9.61. The third-order valence-corrected chi connectivity index (χ3v) is 6.17. The average molecular weight is 401 g/mol. The van der Waals surface area contributed by atoms with Crippen LogP contribution in [-0.4, -0.2) is 32.7 Å². The lowest BCUT2D eigenvalue weighted by Crippen LogP contribution is -2.28. The smallest absolute Gasteiger partial charge is 0.253 e. The van der Waals surface area contributed by atoms with Gasteiger partial charge in [0, 0.05) is 19.1 Å². The van der Waals surface area contributed by atoms with E-state index in [9.17, 15) is 13.2 Å². The minimum Gasteiger partial charge on any atom is -0.345 e. The van der Waals surface area contributed by atoms with Crippen molar-refractivity contribution in [2.45, 2.75) is 17.9 Å². The maximum atomic E-state index is 12.6. The third kappa shape index (κ3) is 4.33. The van der Waals surface area contributed by atoms with Crippen LogP contribution in [0.1, 0.15) is 28.9 Å². The van der Waals surface area contributed by atoms with E-state index in [1.165, 1.54) is 32.3 Å². The van der Waals surface area contributed by atoms with Crippen LogP contribution in [0, 0.1) is 0 Å². The van der Waals surface area contributed by atoms with E-state index < -0.39 is 15.9 Å². The second-order valence-corrected chi connectivity index (χ2v) is 8.61. The van der Waals surface area contributed by atoms with Crippen molar-refractivity contribution >= 4 is 39.1 Å². The quantitative estimate of drug-likeness (QED) is 0.830. The topological polar surface area (TPSA) is 66.5 Å². The summed E-state index contributed by atoms with van der Waals surface area (Å²) in [7, 11) is -0.824. The van der Waals surface area contributed by atoms with Crippen molar-refractivity contribution in [1.29, 1.82) is 0 Å². The molecule has 0 bridgehead atoms. The molecule has 2 rings (SSSR count). The van der Waals surface area contributed by atoms with Crippen molar-refractivity contribution in [1.82, 2.24) is 9.62 Å². The van der Waals surface area contributed by atoms with Crippen LogP contribution in [0.15, 0.2) is 47.4 Å². The van der Waals surface area contributed by atoms with Crippen molar-refractivity contribution in [3.8, 4) is 0 Å². The number of rotatable bonds is 5. The summed E-state index contributed by atoms with van der Waals surface area (Å²) >= 11 is 12.2. The largest absolute Gasteiger partial charge is 0.345 e. The van der Waals surface area contributed by atoms with Gasteiger partial charge in [-0.15, -0.1) is 0 Å². The summed E-state index contributed by atoms with van der Waals surface area (Å²) < 4.78 is 25.6. The molecule has 2 aromatic carbocycles. The van der Waals surface area contributed by atoms with E-state index in [1.54, 1.807) is 19.1 Å². The molecule has 1 atom stereocenters. The van der Waals surface area contributed by atoms with Crippen LogP contribution < -0.4 is 5.32 Å². The molecule has 0 heterocycles. The van der Waals surface area contributed by atoms with Crippen LogP contribution >= 0.6 is 23.2 Å². The maximum Gasteiger partial charge on any atom is 0.253 e. The Balaban J connectivity index is 2.32. The van der Waals surface area contributed by atoms with Crippen LogP contribution in [0.3, 0.4) is 0 Å². The molecule has 1 N–H and O–H groups in total. The van der Waals surface area contributed by atoms with Gasteiger partial charge in [-0.3, -0.25) is 4.79 Å². The summed E-state index contributed by atoms with van der Waals surface area (Å²) in [5.74, 6) is -0.478. The fourth-order valence-corrected chi connectivity index (χ4v) is 3.66. The Hall–Kier alpha value is -1.60. The lowest BCUT2D eigenvalue weighted by molar-refractivity contribution is 0.0940. The van der Waals surface area contributed by atoms with Gasteiger partial charge in [-0.25, -0.2) is 12.7 Å². The Morgan fingerprint density at radius 3 is 2.32 bits per heavy atom. The number of hydrogen-bond donors (Lipinski definition) is 1. The van der Waals surface area contributed by atoms with E-state index >= 15 is 0 Å². The van der Waals surface area contributed by atoms with Crippen LogP contribution in [0.2, 0.25) is 10.0 Å². The Morgan fingerprint density at radius 1 is 1.08 bits per heavy atom. The number of sulfonamides is 1. The lowest BCUT2D eigenvalue weighted by atomic mass is 10.1. The number of nitrogens with zero attached hydrogens (tertiary/aromatic N) is 1. The number of nitrogens with one attached hydrogen (secondary N) is 1. The average Bonchev–Trinajstić information content (AvgIpc) is 2.55. The number of carbonyl (C=O) groups is 1. The summed E-state index contributed by atoms with van der Waals surface area (Å²) in [4.78, 5) is 12.6. The normalized spacial score (nSPS) is 12.9. The zero-order chi connectivity index (χ0) is 18.8. The molecule has 0 spiro atoms. The summed E-state index contributed by atoms with van der Waals surface area (Å²) in [6.45, 7) is 1.79. The van der Waals surface area contributed by atoms with E-state index in [1.807, 2.05) is 12.1 Å². The Labute approximate surface area is 157 Å². The fraction of sp³-hybridized carbons (Fsp3) is 0.235. The van der Waals surface area contributed by atoms with Gasteiger partial charge < -0.3 is 5.32 Å². The molecule has 5 nitrogen and oxygen atoms in total. The first-order chi connectivity index (χ1) is 11.6. The predicted octanol–water partition coefficient (Wildman–Crippen LogP) is 3.73. The van der Waals surface area contributed by atoms with E-state index in [4.69, 9.17) is 23.2 Å². The number of halogens is 2. The highest BCUT2D eigenvalue weighted by molar-refractivity contribution is 7.89. The molecule has 0 saturated heterocycles. The Morgan fingerprint density at radius 2 is 1.72 bits per heavy atom. The highest BCUT2D eigenvalue weighted by atomic mass is 35.5. The van der Waals surface area contributed by atoms with Crippen LogP contribution in [0.4, 0.5) is 0 Å². The predicted molar refractivity (Wildman–Crippen MR) is 99.7 cm³/mol. The van der Waals surface area contributed by atoms with Crippen molar-refractivity contribution in [2.75, 3.05) is 14.1 Å². The molecule has 0 saturated carbocycles. The Bertz CT molecular complexity index is 899. The molecular formula is C17H18Cl2N2O3S. The first kappa shape index (κ1) is 19.7. The first-order valence-electron chi connectivity index (χ1n) is 7.42. The van der Waals surface area contributed by atoms with E-state index in [0.29, 0.717) is 5.02 Å². The van der Waals surface area contributed by atoms with Gasteiger partial charge in [0.1, 0.15) is 0 Å². The number of benzene rings is 2. The van der Waals surface area contributed by atoms with E-state index in [2.05, 4.69) is 5.32 Å². The molecular weight excluding hydrogens is 383 g/mol. The van der Waals surface area contributed by atoms with Crippen LogP contribution in [0.5, 0.6) is 0 Å². The molecule has 0 aliphatic carbocycles. The zero-order valence-electron chi connectivity index (χ0n) is 14.0. The van der Waals surface area contributed by atoms with Gasteiger partial charge in [0.05, 0.1) is 21.5 Å². The minimum absolute atomic E-state index is 0.00236. The molecule has 8 heteroatoms. The molecule has 0 aliphatic rings. The van der Waals surface area contributed by atoms with Crippen LogP contribution in [-0.2, 0) is 10.0 Å². The second kappa shape index (κ2) is 7.74. The highest BCUT2D eigenvalue weighted by Crippen LogP contribution is 2.25. The van der Waals surface area contributed by atoms with Crippen LogP contribution in [0.25, 0.3) is 0 Å². The van der Waals surface area contributed by atoms with Gasteiger partial charge in [-0.1, -0.05) is 41.4 Å². The third-order valence-electron chi connectivity index (χ3n) is 3.68. The standard InChI is InChI=1S/C17H18Cl2N2O3S/c1-11(13-6-4-5-7-15(13)18)20-17(22)14-10-12(8-9-16(14)19)25(23,24)21(2)3/h4-11H,1-3H3,(H,20,22)/t11-/m0/s1. The highest BCUT2D eigenvalue weighted by Gasteiger charge is 2.22. The van der Waals surface area contributed by atoms with Gasteiger partial charge in [-0.2, -0.15) is 0 Å². The number of hydrogen-bond acceptors (Lipinski definition) is 3. The van der Waals surface area contributed by atoms with Gasteiger partial charge >= 0.3 is 0 Å². The molecule has 0 radical (unpaired) electrons. The van der Waals surface area contributed by atoms with Gasteiger partial charge in [0.2, 0.25) is 10.0 Å². The van der Waals surface area contributed by atoms with Crippen molar-refractivity contribution in [3.63, 3.8) is 0 Å². The summed E-state index contributed by atoms with van der Waals surface area (Å²) in [6.07, 6.45) is 0. The maximum absolute atomic E-state index is 12.6. The molecule has 134 valence electrons. The zero-order valence-corrected chi connectivity index (χ0v) is 16.3.